The lowest BCUT2D eigenvalue weighted by Gasteiger charge is -2.19. The van der Waals surface area contributed by atoms with Gasteiger partial charge in [-0.15, -0.1) is 0 Å². The smallest absolute Gasteiger partial charge is 0.407 e. The summed E-state index contributed by atoms with van der Waals surface area (Å²) >= 11 is 0. The minimum absolute atomic E-state index is 0.298. The number of benzene rings is 1. The number of nitrogens with one attached hydrogen (secondary N) is 2. The molecule has 3 rings (SSSR count). The Bertz CT molecular complexity index is 1200. The number of carbonyl (C=O) groups excluding carboxylic acids is 2. The number of hydrogen-bond donors (Lipinski definition) is 2. The molecule has 182 valence electrons. The van der Waals surface area contributed by atoms with Crippen molar-refractivity contribution in [3.63, 3.8) is 0 Å². The van der Waals surface area contributed by atoms with E-state index in [-0.39, 0.29) is 5.91 Å². The van der Waals surface area contributed by atoms with Crippen molar-refractivity contribution >= 4 is 29.0 Å². The molecule has 0 aliphatic rings. The van der Waals surface area contributed by atoms with E-state index in [4.69, 9.17) is 9.47 Å². The molecule has 1 aromatic carbocycles. The monoisotopic (exact) mass is 468 g/mol. The predicted molar refractivity (Wildman–Crippen MR) is 130 cm³/mol. The molecule has 34 heavy (non-hydrogen) atoms. The number of anilines is 1. The van der Waals surface area contributed by atoms with E-state index in [1.54, 1.807) is 17.9 Å². The van der Waals surface area contributed by atoms with Gasteiger partial charge in [0.2, 0.25) is 5.95 Å². The molecule has 0 atom stereocenters. The summed E-state index contributed by atoms with van der Waals surface area (Å²) in [6.07, 6.45) is 3.20. The predicted octanol–water partition coefficient (Wildman–Crippen LogP) is 3.90. The number of ether oxygens (including phenoxy) is 2. The molecule has 0 saturated carbocycles. The standard InChI is InChI=1S/C24H32N6O4/c1-7-30-18(15-16(2)28-30)21(31)27-22-26-17-11-10-12-19(33-6)20(17)29(22)14-9-8-13-25-23(32)34-24(3,4)5/h8-12,15H,7,13-14H2,1-6H3,(H,25,32)(H,26,27,31)/b9-8+. The molecule has 10 nitrogen and oxygen atoms in total. The summed E-state index contributed by atoms with van der Waals surface area (Å²) in [4.78, 5) is 29.5. The summed E-state index contributed by atoms with van der Waals surface area (Å²) in [5.74, 6) is 0.726. The number of allylic oxidation sites excluding steroid dienone is 1. The Morgan fingerprint density at radius 1 is 1.21 bits per heavy atom. The Labute approximate surface area is 198 Å². The Morgan fingerprint density at radius 3 is 2.65 bits per heavy atom. The molecule has 2 aromatic heterocycles. The summed E-state index contributed by atoms with van der Waals surface area (Å²) in [5.41, 5.74) is 2.12. The van der Waals surface area contributed by atoms with E-state index in [1.165, 1.54) is 0 Å². The van der Waals surface area contributed by atoms with Crippen LogP contribution in [0.25, 0.3) is 11.0 Å². The molecule has 0 radical (unpaired) electrons. The SMILES string of the molecule is CCn1nc(C)cc1C(=O)Nc1nc2cccc(OC)c2n1C/C=C/CNC(=O)OC(C)(C)C. The van der Waals surface area contributed by atoms with Gasteiger partial charge < -0.3 is 19.4 Å². The van der Waals surface area contributed by atoms with Crippen molar-refractivity contribution in [2.45, 2.75) is 53.3 Å². The Morgan fingerprint density at radius 2 is 1.97 bits per heavy atom. The highest BCUT2D eigenvalue weighted by atomic mass is 16.6. The molecular weight excluding hydrogens is 436 g/mol. The second-order valence-electron chi connectivity index (χ2n) is 8.67. The van der Waals surface area contributed by atoms with Crippen LogP contribution in [0, 0.1) is 6.92 Å². The molecule has 0 saturated heterocycles. The summed E-state index contributed by atoms with van der Waals surface area (Å²) in [7, 11) is 1.59. The van der Waals surface area contributed by atoms with Crippen molar-refractivity contribution in [3.05, 3.63) is 47.8 Å². The van der Waals surface area contributed by atoms with Crippen LogP contribution in [0.4, 0.5) is 10.7 Å². The van der Waals surface area contributed by atoms with Gasteiger partial charge in [-0.05, 0) is 52.8 Å². The summed E-state index contributed by atoms with van der Waals surface area (Å²) < 4.78 is 14.3. The third kappa shape index (κ3) is 5.94. The van der Waals surface area contributed by atoms with Gasteiger partial charge in [0.15, 0.2) is 0 Å². The maximum atomic E-state index is 13.0. The van der Waals surface area contributed by atoms with Gasteiger partial charge in [-0.1, -0.05) is 18.2 Å². The van der Waals surface area contributed by atoms with Gasteiger partial charge in [0, 0.05) is 19.6 Å². The second-order valence-corrected chi connectivity index (χ2v) is 8.67. The number of aryl methyl sites for hydroxylation is 2. The molecule has 0 spiro atoms. The summed E-state index contributed by atoms with van der Waals surface area (Å²) in [6.45, 7) is 10.5. The van der Waals surface area contributed by atoms with Gasteiger partial charge in [-0.25, -0.2) is 9.78 Å². The topological polar surface area (TPSA) is 112 Å². The lowest BCUT2D eigenvalue weighted by Crippen LogP contribution is -2.32. The highest BCUT2D eigenvalue weighted by Gasteiger charge is 2.19. The number of aromatic nitrogens is 4. The number of para-hydroxylation sites is 1. The Kier molecular flexibility index (Phi) is 7.60. The molecular formula is C24H32N6O4. The second kappa shape index (κ2) is 10.4. The van der Waals surface area contributed by atoms with Gasteiger partial charge in [-0.2, -0.15) is 5.10 Å². The number of imidazole rings is 1. The van der Waals surface area contributed by atoms with Crippen molar-refractivity contribution in [2.24, 2.45) is 0 Å². The summed E-state index contributed by atoms with van der Waals surface area (Å²) in [6, 6.07) is 7.29. The highest BCUT2D eigenvalue weighted by molar-refractivity contribution is 6.03. The number of carbonyl (C=O) groups is 2. The molecule has 0 aliphatic heterocycles. The van der Waals surface area contributed by atoms with Crippen LogP contribution in [0.5, 0.6) is 5.75 Å². The van der Waals surface area contributed by atoms with Crippen LogP contribution in [0.1, 0.15) is 43.9 Å². The van der Waals surface area contributed by atoms with Crippen molar-refractivity contribution in [1.29, 1.82) is 0 Å². The molecule has 2 N–H and O–H groups in total. The van der Waals surface area contributed by atoms with E-state index in [0.717, 1.165) is 11.2 Å². The van der Waals surface area contributed by atoms with E-state index in [0.29, 0.717) is 42.5 Å². The third-order valence-electron chi connectivity index (χ3n) is 4.83. The van der Waals surface area contributed by atoms with Crippen LogP contribution < -0.4 is 15.4 Å². The minimum Gasteiger partial charge on any atom is -0.494 e. The highest BCUT2D eigenvalue weighted by Crippen LogP contribution is 2.29. The summed E-state index contributed by atoms with van der Waals surface area (Å²) in [5, 5.41) is 9.94. The van der Waals surface area contributed by atoms with Gasteiger partial charge in [0.25, 0.3) is 5.91 Å². The van der Waals surface area contributed by atoms with Crippen LogP contribution in [-0.2, 0) is 17.8 Å². The number of hydrogen-bond acceptors (Lipinski definition) is 6. The zero-order valence-electron chi connectivity index (χ0n) is 20.5. The third-order valence-corrected chi connectivity index (χ3v) is 4.83. The fourth-order valence-corrected chi connectivity index (χ4v) is 3.45. The molecule has 0 aliphatic carbocycles. The van der Waals surface area contributed by atoms with Crippen LogP contribution in [0.15, 0.2) is 36.4 Å². The minimum atomic E-state index is -0.557. The normalized spacial score (nSPS) is 11.7. The van der Waals surface area contributed by atoms with Crippen LogP contribution in [-0.4, -0.2) is 50.6 Å². The molecule has 2 amide bonds. The lowest BCUT2D eigenvalue weighted by atomic mass is 10.2. The number of amides is 2. The van der Waals surface area contributed by atoms with E-state index >= 15 is 0 Å². The first-order valence-corrected chi connectivity index (χ1v) is 11.1. The average Bonchev–Trinajstić information content (AvgIpc) is 3.32. The zero-order chi connectivity index (χ0) is 24.9. The largest absolute Gasteiger partial charge is 0.494 e. The molecule has 0 bridgehead atoms. The fraction of sp³-hybridized carbons (Fsp3) is 0.417. The van der Waals surface area contributed by atoms with Gasteiger partial charge in [0.1, 0.15) is 22.6 Å². The number of rotatable bonds is 8. The lowest BCUT2D eigenvalue weighted by molar-refractivity contribution is 0.0534. The van der Waals surface area contributed by atoms with Crippen molar-refractivity contribution < 1.29 is 19.1 Å². The maximum absolute atomic E-state index is 13.0. The van der Waals surface area contributed by atoms with E-state index in [2.05, 4.69) is 20.7 Å². The van der Waals surface area contributed by atoms with Crippen LogP contribution in [0.3, 0.4) is 0 Å². The van der Waals surface area contributed by atoms with E-state index in [9.17, 15) is 9.59 Å². The molecule has 10 heteroatoms. The Hall–Kier alpha value is -3.82. The maximum Gasteiger partial charge on any atom is 0.407 e. The van der Waals surface area contributed by atoms with Crippen LogP contribution in [0.2, 0.25) is 0 Å². The van der Waals surface area contributed by atoms with Crippen molar-refractivity contribution in [1.82, 2.24) is 24.6 Å². The van der Waals surface area contributed by atoms with Crippen molar-refractivity contribution in [2.75, 3.05) is 19.0 Å². The van der Waals surface area contributed by atoms with Crippen LogP contribution >= 0.6 is 0 Å². The van der Waals surface area contributed by atoms with Crippen molar-refractivity contribution in [3.8, 4) is 5.75 Å². The first-order chi connectivity index (χ1) is 16.1. The van der Waals surface area contributed by atoms with E-state index < -0.39 is 11.7 Å². The van der Waals surface area contributed by atoms with E-state index in [1.807, 2.05) is 69.5 Å². The van der Waals surface area contributed by atoms with Gasteiger partial charge in [-0.3, -0.25) is 14.8 Å². The first kappa shape index (κ1) is 24.8. The molecule has 3 aromatic rings. The molecule has 2 heterocycles. The number of alkyl carbamates (subject to hydrolysis) is 1. The fourth-order valence-electron chi connectivity index (χ4n) is 3.45. The van der Waals surface area contributed by atoms with Gasteiger partial charge >= 0.3 is 6.09 Å². The average molecular weight is 469 g/mol. The Balaban J connectivity index is 1.82. The number of nitrogens with zero attached hydrogens (tertiary/aromatic N) is 4. The zero-order valence-corrected chi connectivity index (χ0v) is 20.5. The molecule has 0 unspecified atom stereocenters. The quantitative estimate of drug-likeness (QED) is 0.485. The van der Waals surface area contributed by atoms with Gasteiger partial charge in [0.05, 0.1) is 18.3 Å². The molecule has 0 fully saturated rings. The number of methoxy groups -OCH3 is 1. The first-order valence-electron chi connectivity index (χ1n) is 11.1. The number of fused-ring (bicyclic) bond motifs is 1.